The van der Waals surface area contributed by atoms with Crippen LogP contribution in [-0.4, -0.2) is 16.6 Å². The minimum Gasteiger partial charge on any atom is -0.385 e. The molecule has 0 aliphatic carbocycles. The van der Waals surface area contributed by atoms with Crippen molar-refractivity contribution in [2.45, 2.75) is 38.2 Å². The van der Waals surface area contributed by atoms with E-state index >= 15 is 0 Å². The number of hydrogen-bond donors (Lipinski definition) is 1. The molecule has 1 N–H and O–H groups in total. The summed E-state index contributed by atoms with van der Waals surface area (Å²) >= 11 is 4.58. The van der Waals surface area contributed by atoms with Crippen molar-refractivity contribution in [3.63, 3.8) is 0 Å². The number of halogens is 3. The predicted molar refractivity (Wildman–Crippen MR) is 40.9 cm³/mol. The number of aliphatic hydroxyl groups excluding tert-OH is 1. The molecule has 0 heterocycles. The molecular weight excluding hydrogens is 174 g/mol. The average molecular weight is 187 g/mol. The van der Waals surface area contributed by atoms with E-state index in [2.05, 4.69) is 11.6 Å². The van der Waals surface area contributed by atoms with E-state index in [0.717, 1.165) is 0 Å². The fraction of sp³-hybridized carbons (Fsp3) is 1.00. The second-order valence-corrected chi connectivity index (χ2v) is 3.53. The molecule has 1 unspecified atom stereocenters. The molecule has 0 bridgehead atoms. The average Bonchev–Trinajstić information content (AvgIpc) is 1.80. The highest BCUT2D eigenvalue weighted by molar-refractivity contribution is 6.22. The zero-order valence-electron chi connectivity index (χ0n) is 6.65. The highest BCUT2D eigenvalue weighted by atomic mass is 35.5. The Balaban J connectivity index is 3.61. The molecule has 0 aliphatic rings. The lowest BCUT2D eigenvalue weighted by Crippen LogP contribution is -2.27. The summed E-state index contributed by atoms with van der Waals surface area (Å²) in [6.45, 7) is 3.80. The normalized spacial score (nSPS) is 15.5. The summed E-state index contributed by atoms with van der Waals surface area (Å²) in [5.74, 6) is 0.309. The predicted octanol–water partition coefficient (Wildman–Crippen LogP) is 2.62. The van der Waals surface area contributed by atoms with Gasteiger partial charge in [0.2, 0.25) is 0 Å². The zero-order valence-corrected chi connectivity index (χ0v) is 7.41. The van der Waals surface area contributed by atoms with Crippen LogP contribution >= 0.6 is 11.6 Å². The van der Waals surface area contributed by atoms with Crippen LogP contribution in [0.15, 0.2) is 0 Å². The first-order valence-corrected chi connectivity index (χ1v) is 3.96. The SMILES string of the molecule is CC(C)CCC(O)C(F)(F)Cl. The van der Waals surface area contributed by atoms with E-state index in [1.807, 2.05) is 13.8 Å². The second kappa shape index (κ2) is 4.21. The van der Waals surface area contributed by atoms with Crippen molar-refractivity contribution in [3.8, 4) is 0 Å². The maximum Gasteiger partial charge on any atom is 0.347 e. The van der Waals surface area contributed by atoms with Gasteiger partial charge in [0.25, 0.3) is 0 Å². The summed E-state index contributed by atoms with van der Waals surface area (Å²) in [4.78, 5) is 0. The molecule has 1 atom stereocenters. The molecule has 0 saturated heterocycles. The van der Waals surface area contributed by atoms with Crippen LogP contribution in [0, 0.1) is 5.92 Å². The van der Waals surface area contributed by atoms with E-state index in [1.165, 1.54) is 0 Å². The van der Waals surface area contributed by atoms with Crippen LogP contribution in [0.4, 0.5) is 8.78 Å². The van der Waals surface area contributed by atoms with Gasteiger partial charge in [-0.1, -0.05) is 13.8 Å². The number of aliphatic hydroxyl groups is 1. The number of rotatable bonds is 4. The van der Waals surface area contributed by atoms with Gasteiger partial charge in [0.1, 0.15) is 6.10 Å². The summed E-state index contributed by atoms with van der Waals surface area (Å²) in [6, 6.07) is 0. The molecule has 11 heavy (non-hydrogen) atoms. The van der Waals surface area contributed by atoms with Gasteiger partial charge in [0.15, 0.2) is 0 Å². The molecule has 0 aromatic heterocycles. The Kier molecular flexibility index (Phi) is 4.26. The van der Waals surface area contributed by atoms with E-state index in [-0.39, 0.29) is 6.42 Å². The zero-order chi connectivity index (χ0) is 9.07. The van der Waals surface area contributed by atoms with Crippen LogP contribution < -0.4 is 0 Å². The van der Waals surface area contributed by atoms with E-state index in [1.54, 1.807) is 0 Å². The Morgan fingerprint density at radius 1 is 1.36 bits per heavy atom. The first-order valence-electron chi connectivity index (χ1n) is 3.59. The van der Waals surface area contributed by atoms with Crippen LogP contribution in [0.2, 0.25) is 0 Å². The molecule has 0 spiro atoms. The molecule has 68 valence electrons. The van der Waals surface area contributed by atoms with Crippen molar-refractivity contribution < 1.29 is 13.9 Å². The maximum absolute atomic E-state index is 12.1. The van der Waals surface area contributed by atoms with Crippen LogP contribution in [0.5, 0.6) is 0 Å². The van der Waals surface area contributed by atoms with Crippen molar-refractivity contribution in [2.75, 3.05) is 0 Å². The lowest BCUT2D eigenvalue weighted by Gasteiger charge is -2.16. The molecule has 0 saturated carbocycles. The van der Waals surface area contributed by atoms with Gasteiger partial charge in [-0.15, -0.1) is 0 Å². The smallest absolute Gasteiger partial charge is 0.347 e. The van der Waals surface area contributed by atoms with Gasteiger partial charge in [0, 0.05) is 0 Å². The first kappa shape index (κ1) is 11.1. The second-order valence-electron chi connectivity index (χ2n) is 3.03. The monoisotopic (exact) mass is 186 g/mol. The molecular formula is C7H13ClF2O. The molecule has 0 rings (SSSR count). The quantitative estimate of drug-likeness (QED) is 0.670. The minimum absolute atomic E-state index is 0.0498. The molecule has 4 heteroatoms. The largest absolute Gasteiger partial charge is 0.385 e. The van der Waals surface area contributed by atoms with Gasteiger partial charge < -0.3 is 5.11 Å². The maximum atomic E-state index is 12.1. The molecule has 0 fully saturated rings. The molecule has 0 aromatic carbocycles. The minimum atomic E-state index is -3.48. The standard InChI is InChI=1S/C7H13ClF2O/c1-5(2)3-4-6(11)7(8,9)10/h5-6,11H,3-4H2,1-2H3. The molecule has 1 nitrogen and oxygen atoms in total. The van der Waals surface area contributed by atoms with Crippen molar-refractivity contribution in [2.24, 2.45) is 5.92 Å². The molecule has 0 amide bonds. The lowest BCUT2D eigenvalue weighted by molar-refractivity contribution is -0.0463. The summed E-state index contributed by atoms with van der Waals surface area (Å²) in [7, 11) is 0. The van der Waals surface area contributed by atoms with Crippen molar-refractivity contribution >= 4 is 11.6 Å². The fourth-order valence-electron chi connectivity index (χ4n) is 0.655. The third-order valence-electron chi connectivity index (χ3n) is 1.40. The summed E-state index contributed by atoms with van der Waals surface area (Å²) in [5, 5.41) is 5.28. The molecule has 0 radical (unpaired) electrons. The molecule has 0 aliphatic heterocycles. The lowest BCUT2D eigenvalue weighted by atomic mass is 10.1. The highest BCUT2D eigenvalue weighted by Gasteiger charge is 2.34. The third kappa shape index (κ3) is 5.39. The van der Waals surface area contributed by atoms with Crippen molar-refractivity contribution in [3.05, 3.63) is 0 Å². The summed E-state index contributed by atoms with van der Waals surface area (Å²) in [6.07, 6.45) is -1.11. The van der Waals surface area contributed by atoms with E-state index in [0.29, 0.717) is 12.3 Å². The molecule has 0 aromatic rings. The van der Waals surface area contributed by atoms with Crippen molar-refractivity contribution in [1.82, 2.24) is 0 Å². The topological polar surface area (TPSA) is 20.2 Å². The van der Waals surface area contributed by atoms with Gasteiger partial charge >= 0.3 is 5.38 Å². The Labute approximate surface area is 70.4 Å². The van der Waals surface area contributed by atoms with Crippen molar-refractivity contribution in [1.29, 1.82) is 0 Å². The summed E-state index contributed by atoms with van der Waals surface area (Å²) < 4.78 is 24.2. The van der Waals surface area contributed by atoms with Crippen LogP contribution in [-0.2, 0) is 0 Å². The summed E-state index contributed by atoms with van der Waals surface area (Å²) in [5.41, 5.74) is 0. The number of hydrogen-bond acceptors (Lipinski definition) is 1. The fourth-order valence-corrected chi connectivity index (χ4v) is 0.764. The van der Waals surface area contributed by atoms with Gasteiger partial charge in [0.05, 0.1) is 0 Å². The number of alkyl halides is 3. The van der Waals surface area contributed by atoms with E-state index in [9.17, 15) is 8.78 Å². The Hall–Kier alpha value is 0.110. The Bertz CT molecular complexity index is 111. The van der Waals surface area contributed by atoms with Gasteiger partial charge in [-0.2, -0.15) is 8.78 Å². The van der Waals surface area contributed by atoms with Gasteiger partial charge in [-0.3, -0.25) is 0 Å². The highest BCUT2D eigenvalue weighted by Crippen LogP contribution is 2.27. The van der Waals surface area contributed by atoms with Gasteiger partial charge in [-0.05, 0) is 30.4 Å². The Morgan fingerprint density at radius 3 is 2.09 bits per heavy atom. The van der Waals surface area contributed by atoms with Crippen LogP contribution in [0.25, 0.3) is 0 Å². The van der Waals surface area contributed by atoms with E-state index in [4.69, 9.17) is 5.11 Å². The van der Waals surface area contributed by atoms with Crippen LogP contribution in [0.3, 0.4) is 0 Å². The first-order chi connectivity index (χ1) is 4.84. The van der Waals surface area contributed by atoms with E-state index < -0.39 is 11.5 Å². The van der Waals surface area contributed by atoms with Gasteiger partial charge in [-0.25, -0.2) is 0 Å². The third-order valence-corrected chi connectivity index (χ3v) is 1.65. The van der Waals surface area contributed by atoms with Crippen LogP contribution in [0.1, 0.15) is 26.7 Å². The Morgan fingerprint density at radius 2 is 1.82 bits per heavy atom.